The van der Waals surface area contributed by atoms with Gasteiger partial charge in [0.2, 0.25) is 0 Å². The van der Waals surface area contributed by atoms with Gasteiger partial charge in [-0.3, -0.25) is 0 Å². The van der Waals surface area contributed by atoms with E-state index in [1.54, 1.807) is 0 Å². The summed E-state index contributed by atoms with van der Waals surface area (Å²) in [5, 5.41) is 51.5. The van der Waals surface area contributed by atoms with Crippen LogP contribution >= 0.6 is 0 Å². The Morgan fingerprint density at radius 2 is 0.667 bits per heavy atom. The minimum absolute atomic E-state index is 0. The summed E-state index contributed by atoms with van der Waals surface area (Å²) in [5.41, 5.74) is 0. The SMILES string of the molecule is N#[C][Fe]([C]#N)([C]#N)([C]#N)([C]#N)[C]#N.[Mn].[RbH]. The van der Waals surface area contributed by atoms with E-state index in [1.165, 1.54) is 0 Å². The zero-order chi connectivity index (χ0) is 10.7. The van der Waals surface area contributed by atoms with Gasteiger partial charge in [-0.05, 0) is 0 Å². The van der Waals surface area contributed by atoms with Crippen molar-refractivity contribution in [1.29, 1.82) is 31.6 Å². The Kier molecular flexibility index (Phi) is 7.03. The van der Waals surface area contributed by atoms with Gasteiger partial charge in [0, 0.05) is 17.1 Å². The van der Waals surface area contributed by atoms with Crippen LogP contribution in [0.4, 0.5) is 0 Å². The molecule has 0 unspecified atom stereocenters. The molecule has 0 amide bonds. The van der Waals surface area contributed by atoms with Crippen molar-refractivity contribution in [2.75, 3.05) is 0 Å². The molecule has 0 fully saturated rings. The Bertz CT molecular complexity index is 397. The first-order valence-electron chi connectivity index (χ1n) is 2.40. The maximum absolute atomic E-state index is 8.58. The second kappa shape index (κ2) is 5.22. The summed E-state index contributed by atoms with van der Waals surface area (Å²) < 4.78 is 0. The third-order valence-corrected chi connectivity index (χ3v) is 4.89. The normalized spacial score (nSPS) is 11.6. The molecule has 0 saturated carbocycles. The summed E-state index contributed by atoms with van der Waals surface area (Å²) >= 11 is 0. The van der Waals surface area contributed by atoms with E-state index in [2.05, 4.69) is 0 Å². The standard InChI is InChI=1S/6CN.Fe.Mn.Rb.H/c6*1-2;;;;. The monoisotopic (exact) mass is 353 g/mol. The molecule has 0 aromatic carbocycles. The van der Waals surface area contributed by atoms with E-state index in [4.69, 9.17) is 31.6 Å². The van der Waals surface area contributed by atoms with Crippen LogP contribution in [0.3, 0.4) is 0 Å². The summed E-state index contributed by atoms with van der Waals surface area (Å²) in [6, 6.07) is 0. The van der Waals surface area contributed by atoms with Crippen LogP contribution in [0.15, 0.2) is 0 Å². The second-order valence-electron chi connectivity index (χ2n) is 1.80. The fourth-order valence-electron chi connectivity index (χ4n) is 0.265. The van der Waals surface area contributed by atoms with Gasteiger partial charge < -0.3 is 0 Å². The van der Waals surface area contributed by atoms with E-state index in [-0.39, 0.29) is 75.3 Å². The summed E-state index contributed by atoms with van der Waals surface area (Å²) in [4.78, 5) is 6.19. The van der Waals surface area contributed by atoms with Gasteiger partial charge in [0.15, 0.2) is 0 Å². The zero-order valence-corrected chi connectivity index (χ0v) is 8.70. The molecule has 6 nitrogen and oxygen atoms in total. The fraction of sp³-hybridized carbons (Fsp3) is 0. The van der Waals surface area contributed by atoms with E-state index < -0.39 is 10.7 Å². The van der Waals surface area contributed by atoms with E-state index >= 15 is 0 Å². The van der Waals surface area contributed by atoms with Crippen molar-refractivity contribution in [3.63, 3.8) is 0 Å². The van der Waals surface area contributed by atoms with Gasteiger partial charge in [0.25, 0.3) is 0 Å². The molecule has 0 heterocycles. The van der Waals surface area contributed by atoms with Crippen molar-refractivity contribution >= 4 is 58.2 Å². The van der Waals surface area contributed by atoms with Gasteiger partial charge >= 0.3 is 130 Å². The van der Waals surface area contributed by atoms with E-state index in [1.807, 2.05) is 0 Å². The van der Waals surface area contributed by atoms with E-state index in [0.717, 1.165) is 29.8 Å². The molecule has 0 aromatic rings. The molecular weight excluding hydrogens is 352 g/mol. The first-order chi connectivity index (χ1) is 5.97. The molecule has 9 heteroatoms. The van der Waals surface area contributed by atoms with Gasteiger partial charge in [0.1, 0.15) is 0 Å². The number of nitriles is 6. The molecule has 0 spiro atoms. The molecule has 0 aliphatic rings. The molecule has 15 heavy (non-hydrogen) atoms. The van der Waals surface area contributed by atoms with Crippen molar-refractivity contribution in [1.82, 2.24) is 0 Å². The molecule has 0 bridgehead atoms. The average Bonchev–Trinajstić information content (AvgIpc) is 2.26. The summed E-state index contributed by atoms with van der Waals surface area (Å²) in [6.07, 6.45) is 0. The topological polar surface area (TPSA) is 143 Å². The van der Waals surface area contributed by atoms with Crippen LogP contribution in [0.25, 0.3) is 0 Å². The Labute approximate surface area is 144 Å². The third-order valence-electron chi connectivity index (χ3n) is 1.19. The fourth-order valence-corrected chi connectivity index (χ4v) is 1.09. The molecule has 1 radical (unpaired) electrons. The molecule has 71 valence electrons. The quantitative estimate of drug-likeness (QED) is 0.534. The van der Waals surface area contributed by atoms with Crippen molar-refractivity contribution in [3.05, 3.63) is 0 Å². The number of hydrogen-bond donors (Lipinski definition) is 0. The van der Waals surface area contributed by atoms with Crippen LogP contribution < -0.4 is 0 Å². The second-order valence-corrected chi connectivity index (χ2v) is 7.42. The van der Waals surface area contributed by atoms with Gasteiger partial charge in [-0.25, -0.2) is 0 Å². The molecule has 0 aliphatic carbocycles. The Hall–Kier alpha value is -0.216. The predicted octanol–water partition coefficient (Wildman–Crippen LogP) is -0.553. The van der Waals surface area contributed by atoms with Gasteiger partial charge in [0.05, 0.1) is 0 Å². The maximum atomic E-state index is 8.58. The van der Waals surface area contributed by atoms with Crippen molar-refractivity contribution in [2.45, 2.75) is 0 Å². The van der Waals surface area contributed by atoms with Crippen LogP contribution in [0.1, 0.15) is 0 Å². The Morgan fingerprint density at radius 3 is 0.667 bits per heavy atom. The predicted molar refractivity (Wildman–Crippen MR) is 40.8 cm³/mol. The number of rotatable bonds is 0. The van der Waals surface area contributed by atoms with Crippen LogP contribution in [-0.4, -0.2) is 58.2 Å². The van der Waals surface area contributed by atoms with Crippen molar-refractivity contribution in [2.24, 2.45) is 0 Å². The molecule has 0 aromatic heterocycles. The summed E-state index contributed by atoms with van der Waals surface area (Å²) in [7, 11) is -6.17. The van der Waals surface area contributed by atoms with E-state index in [0.29, 0.717) is 0 Å². The van der Waals surface area contributed by atoms with Gasteiger partial charge in [-0.1, -0.05) is 0 Å². The van der Waals surface area contributed by atoms with Crippen molar-refractivity contribution in [3.8, 4) is 29.8 Å². The summed E-state index contributed by atoms with van der Waals surface area (Å²) in [6.45, 7) is 0. The van der Waals surface area contributed by atoms with Crippen LogP contribution in [0.5, 0.6) is 0 Å². The van der Waals surface area contributed by atoms with Crippen molar-refractivity contribution < 1.29 is 27.8 Å². The first-order valence-corrected chi connectivity index (χ1v) is 5.71. The Morgan fingerprint density at radius 1 is 0.533 bits per heavy atom. The molecule has 0 aliphatic heterocycles. The van der Waals surface area contributed by atoms with Crippen LogP contribution in [0.2, 0.25) is 0 Å². The average molecular weight is 353 g/mol. The molecule has 0 N–H and O–H groups in total. The first kappa shape index (κ1) is 20.2. The van der Waals surface area contributed by atoms with E-state index in [9.17, 15) is 0 Å². The molecule has 0 saturated heterocycles. The Balaban J connectivity index is -0.000000720. The number of nitrogens with zero attached hydrogens (tertiary/aromatic N) is 6. The molecule has 0 rings (SSSR count). The van der Waals surface area contributed by atoms with Gasteiger partial charge in [-0.2, -0.15) is 0 Å². The molecular formula is C6HFeMnN6Rb. The van der Waals surface area contributed by atoms with Crippen LogP contribution in [-0.2, 0) is 27.8 Å². The number of hydrogen-bond acceptors (Lipinski definition) is 6. The minimum atomic E-state index is -6.17. The van der Waals surface area contributed by atoms with Gasteiger partial charge in [-0.15, -0.1) is 0 Å². The zero-order valence-electron chi connectivity index (χ0n) is 6.41. The molecule has 0 atom stereocenters. The third kappa shape index (κ3) is 2.16. The van der Waals surface area contributed by atoms with Crippen LogP contribution in [0, 0.1) is 61.4 Å². The summed E-state index contributed by atoms with van der Waals surface area (Å²) in [5.74, 6) is 0.